The van der Waals surface area contributed by atoms with Gasteiger partial charge in [0.05, 0.1) is 11.3 Å². The minimum Gasteiger partial charge on any atom is -0.478 e. The number of hydrogen-bond acceptors (Lipinski definition) is 3. The first kappa shape index (κ1) is 10.3. The van der Waals surface area contributed by atoms with Gasteiger partial charge in [0.1, 0.15) is 18.5 Å². The molecule has 0 atom stereocenters. The summed E-state index contributed by atoms with van der Waals surface area (Å²) in [4.78, 5) is 10.9. The van der Waals surface area contributed by atoms with Crippen LogP contribution < -0.4 is 0 Å². The van der Waals surface area contributed by atoms with Crippen molar-refractivity contribution in [1.82, 2.24) is 14.8 Å². The Kier molecular flexibility index (Phi) is 2.40. The van der Waals surface area contributed by atoms with Gasteiger partial charge in [0.2, 0.25) is 0 Å². The van der Waals surface area contributed by atoms with E-state index in [-0.39, 0.29) is 11.1 Å². The van der Waals surface area contributed by atoms with E-state index < -0.39 is 11.8 Å². The molecular weight excluding hydrogens is 213 g/mol. The standard InChI is InChI=1S/C10H8FN3O2/c1-6-8(10(15)16)2-7(3-9(6)11)14-4-12-13-5-14/h2-5H,1H3,(H,15,16). The maximum absolute atomic E-state index is 13.5. The fourth-order valence-electron chi connectivity index (χ4n) is 1.37. The van der Waals surface area contributed by atoms with Gasteiger partial charge >= 0.3 is 5.97 Å². The average molecular weight is 221 g/mol. The minimum absolute atomic E-state index is 0.0660. The molecule has 0 fully saturated rings. The molecule has 0 amide bonds. The van der Waals surface area contributed by atoms with Crippen LogP contribution in [0.4, 0.5) is 4.39 Å². The lowest BCUT2D eigenvalue weighted by Crippen LogP contribution is -2.04. The van der Waals surface area contributed by atoms with Crippen LogP contribution in [0.15, 0.2) is 24.8 Å². The lowest BCUT2D eigenvalue weighted by molar-refractivity contribution is 0.0695. The summed E-state index contributed by atoms with van der Waals surface area (Å²) in [6.45, 7) is 1.43. The number of carboxylic acid groups (broad SMARTS) is 1. The summed E-state index contributed by atoms with van der Waals surface area (Å²) in [7, 11) is 0. The number of aromatic nitrogens is 3. The minimum atomic E-state index is -1.16. The maximum Gasteiger partial charge on any atom is 0.336 e. The van der Waals surface area contributed by atoms with Gasteiger partial charge in [-0.2, -0.15) is 0 Å². The summed E-state index contributed by atoms with van der Waals surface area (Å²) in [5.74, 6) is -1.73. The molecule has 0 saturated carbocycles. The van der Waals surface area contributed by atoms with Crippen molar-refractivity contribution in [1.29, 1.82) is 0 Å². The Morgan fingerprint density at radius 3 is 2.56 bits per heavy atom. The lowest BCUT2D eigenvalue weighted by Gasteiger charge is -2.06. The van der Waals surface area contributed by atoms with E-state index in [2.05, 4.69) is 10.2 Å². The molecule has 0 aliphatic carbocycles. The van der Waals surface area contributed by atoms with E-state index in [1.807, 2.05) is 0 Å². The van der Waals surface area contributed by atoms with Crippen LogP contribution in [0.2, 0.25) is 0 Å². The third-order valence-electron chi connectivity index (χ3n) is 2.28. The van der Waals surface area contributed by atoms with Gasteiger partial charge in [0, 0.05) is 0 Å². The first-order chi connectivity index (χ1) is 7.59. The highest BCUT2D eigenvalue weighted by molar-refractivity contribution is 5.90. The van der Waals surface area contributed by atoms with Crippen molar-refractivity contribution in [2.45, 2.75) is 6.92 Å². The van der Waals surface area contributed by atoms with Crippen LogP contribution in [0.3, 0.4) is 0 Å². The second-order valence-corrected chi connectivity index (χ2v) is 3.27. The van der Waals surface area contributed by atoms with Crippen molar-refractivity contribution in [3.63, 3.8) is 0 Å². The smallest absolute Gasteiger partial charge is 0.336 e. The van der Waals surface area contributed by atoms with Crippen LogP contribution in [-0.4, -0.2) is 25.8 Å². The predicted molar refractivity (Wildman–Crippen MR) is 53.0 cm³/mol. The highest BCUT2D eigenvalue weighted by Gasteiger charge is 2.13. The Balaban J connectivity index is 2.62. The Labute approximate surface area is 90.2 Å². The van der Waals surface area contributed by atoms with Gasteiger partial charge in [0.25, 0.3) is 0 Å². The molecule has 0 bridgehead atoms. The molecule has 2 aromatic rings. The van der Waals surface area contributed by atoms with E-state index >= 15 is 0 Å². The van der Waals surface area contributed by atoms with Gasteiger partial charge in [-0.1, -0.05) is 0 Å². The number of rotatable bonds is 2. The van der Waals surface area contributed by atoms with Crippen LogP contribution >= 0.6 is 0 Å². The topological polar surface area (TPSA) is 68.0 Å². The summed E-state index contributed by atoms with van der Waals surface area (Å²) in [6.07, 6.45) is 2.74. The van der Waals surface area contributed by atoms with Crippen molar-refractivity contribution in [3.8, 4) is 5.69 Å². The van der Waals surface area contributed by atoms with E-state index in [9.17, 15) is 9.18 Å². The number of aromatic carboxylic acids is 1. The zero-order valence-corrected chi connectivity index (χ0v) is 8.38. The molecule has 1 N–H and O–H groups in total. The number of carboxylic acids is 1. The van der Waals surface area contributed by atoms with Gasteiger partial charge in [-0.05, 0) is 24.6 Å². The van der Waals surface area contributed by atoms with Crippen LogP contribution in [0.25, 0.3) is 5.69 Å². The van der Waals surface area contributed by atoms with Crippen molar-refractivity contribution < 1.29 is 14.3 Å². The summed E-state index contributed by atoms with van der Waals surface area (Å²) in [5.41, 5.74) is 0.429. The molecule has 2 rings (SSSR count). The fraction of sp³-hybridized carbons (Fsp3) is 0.100. The molecule has 1 aromatic heterocycles. The van der Waals surface area contributed by atoms with Crippen LogP contribution in [0.5, 0.6) is 0 Å². The maximum atomic E-state index is 13.5. The largest absolute Gasteiger partial charge is 0.478 e. The highest BCUT2D eigenvalue weighted by Crippen LogP contribution is 2.18. The first-order valence-electron chi connectivity index (χ1n) is 4.48. The summed E-state index contributed by atoms with van der Waals surface area (Å²) >= 11 is 0. The number of nitrogens with zero attached hydrogens (tertiary/aromatic N) is 3. The molecule has 0 aliphatic rings. The zero-order chi connectivity index (χ0) is 11.7. The van der Waals surface area contributed by atoms with Gasteiger partial charge in [-0.3, -0.25) is 4.57 Å². The summed E-state index contributed by atoms with van der Waals surface area (Å²) < 4.78 is 14.9. The van der Waals surface area contributed by atoms with Crippen molar-refractivity contribution in [3.05, 3.63) is 41.7 Å². The van der Waals surface area contributed by atoms with E-state index in [1.165, 1.54) is 36.3 Å². The first-order valence-corrected chi connectivity index (χ1v) is 4.48. The average Bonchev–Trinajstić information content (AvgIpc) is 2.74. The van der Waals surface area contributed by atoms with Gasteiger partial charge in [-0.15, -0.1) is 10.2 Å². The number of benzene rings is 1. The normalized spacial score (nSPS) is 10.4. The molecule has 6 heteroatoms. The quantitative estimate of drug-likeness (QED) is 0.832. The molecule has 0 spiro atoms. The molecule has 0 aliphatic heterocycles. The summed E-state index contributed by atoms with van der Waals surface area (Å²) in [6, 6.07) is 2.62. The van der Waals surface area contributed by atoms with E-state index in [1.54, 1.807) is 0 Å². The zero-order valence-electron chi connectivity index (χ0n) is 8.38. The number of halogens is 1. The van der Waals surface area contributed by atoms with E-state index in [4.69, 9.17) is 5.11 Å². The molecular formula is C10H8FN3O2. The Morgan fingerprint density at radius 2 is 2.00 bits per heavy atom. The number of hydrogen-bond donors (Lipinski definition) is 1. The third-order valence-corrected chi connectivity index (χ3v) is 2.28. The monoisotopic (exact) mass is 221 g/mol. The highest BCUT2D eigenvalue weighted by atomic mass is 19.1. The van der Waals surface area contributed by atoms with Crippen molar-refractivity contribution in [2.24, 2.45) is 0 Å². The Hall–Kier alpha value is -2.24. The third kappa shape index (κ3) is 1.65. The molecule has 0 unspecified atom stereocenters. The Morgan fingerprint density at radius 1 is 1.38 bits per heavy atom. The fourth-order valence-corrected chi connectivity index (χ4v) is 1.37. The van der Waals surface area contributed by atoms with Gasteiger partial charge < -0.3 is 5.11 Å². The second-order valence-electron chi connectivity index (χ2n) is 3.27. The molecule has 5 nitrogen and oxygen atoms in total. The van der Waals surface area contributed by atoms with Crippen molar-refractivity contribution in [2.75, 3.05) is 0 Å². The SMILES string of the molecule is Cc1c(F)cc(-n2cnnc2)cc1C(=O)O. The lowest BCUT2D eigenvalue weighted by atomic mass is 10.1. The molecule has 82 valence electrons. The van der Waals surface area contributed by atoms with Gasteiger partial charge in [-0.25, -0.2) is 9.18 Å². The Bertz CT molecular complexity index is 537. The predicted octanol–water partition coefficient (Wildman–Crippen LogP) is 1.41. The van der Waals surface area contributed by atoms with Crippen LogP contribution in [-0.2, 0) is 0 Å². The molecule has 1 aromatic carbocycles. The second kappa shape index (κ2) is 3.73. The molecule has 0 saturated heterocycles. The number of carbonyl (C=O) groups is 1. The van der Waals surface area contributed by atoms with Crippen molar-refractivity contribution >= 4 is 5.97 Å². The van der Waals surface area contributed by atoms with Crippen LogP contribution in [0.1, 0.15) is 15.9 Å². The van der Waals surface area contributed by atoms with Gasteiger partial charge in [0.15, 0.2) is 0 Å². The van der Waals surface area contributed by atoms with E-state index in [0.717, 1.165) is 0 Å². The molecule has 16 heavy (non-hydrogen) atoms. The molecule has 1 heterocycles. The molecule has 0 radical (unpaired) electrons. The van der Waals surface area contributed by atoms with Crippen LogP contribution in [0, 0.1) is 12.7 Å². The van der Waals surface area contributed by atoms with E-state index in [0.29, 0.717) is 5.69 Å². The summed E-state index contributed by atoms with van der Waals surface area (Å²) in [5, 5.41) is 16.0.